The van der Waals surface area contributed by atoms with E-state index in [2.05, 4.69) is 248 Å². The molecule has 0 aliphatic carbocycles. The van der Waals surface area contributed by atoms with Crippen LogP contribution < -0.4 is 25.6 Å². The molecule has 2 nitrogen and oxygen atoms in total. The summed E-state index contributed by atoms with van der Waals surface area (Å²) in [6.45, 7) is 0. The number of benzene rings is 10. The van der Waals surface area contributed by atoms with Crippen LogP contribution in [0.5, 0.6) is 0 Å². The highest BCUT2D eigenvalue weighted by atomic mass is 28.3. The summed E-state index contributed by atoms with van der Waals surface area (Å²) < 4.78 is 6.49. The van der Waals surface area contributed by atoms with Gasteiger partial charge in [0.2, 0.25) is 0 Å². The summed E-state index contributed by atoms with van der Waals surface area (Å²) in [5.74, 6) is 0. The summed E-state index contributed by atoms with van der Waals surface area (Å²) in [5.41, 5.74) is 9.87. The van der Waals surface area contributed by atoms with E-state index in [-0.39, 0.29) is 0 Å². The van der Waals surface area contributed by atoms with Gasteiger partial charge in [-0.25, -0.2) is 0 Å². The van der Waals surface area contributed by atoms with E-state index in [9.17, 15) is 0 Å². The zero-order valence-corrected chi connectivity index (χ0v) is 34.5. The first-order valence-electron chi connectivity index (χ1n) is 20.9. The largest absolute Gasteiger partial charge is 0.455 e. The van der Waals surface area contributed by atoms with Crippen molar-refractivity contribution in [2.75, 3.05) is 4.90 Å². The van der Waals surface area contributed by atoms with Crippen molar-refractivity contribution in [2.45, 2.75) is 0 Å². The number of rotatable bonds is 9. The zero-order chi connectivity index (χ0) is 40.6. The normalized spacial score (nSPS) is 11.6. The van der Waals surface area contributed by atoms with Crippen LogP contribution in [0.3, 0.4) is 0 Å². The summed E-state index contributed by atoms with van der Waals surface area (Å²) in [4.78, 5) is 2.41. The molecule has 0 aliphatic rings. The van der Waals surface area contributed by atoms with Crippen LogP contribution in [0.4, 0.5) is 17.1 Å². The first kappa shape index (κ1) is 36.4. The van der Waals surface area contributed by atoms with Gasteiger partial charge in [0.15, 0.2) is 8.07 Å². The molecular formula is C58H41NOSi. The van der Waals surface area contributed by atoms with E-state index in [1.165, 1.54) is 43.0 Å². The molecule has 0 fully saturated rings. The third-order valence-electron chi connectivity index (χ3n) is 12.2. The van der Waals surface area contributed by atoms with Gasteiger partial charge in [-0.1, -0.05) is 194 Å². The predicted molar refractivity (Wildman–Crippen MR) is 260 cm³/mol. The van der Waals surface area contributed by atoms with Gasteiger partial charge < -0.3 is 9.32 Å². The Labute approximate surface area is 357 Å². The van der Waals surface area contributed by atoms with Crippen molar-refractivity contribution in [3.63, 3.8) is 0 Å². The monoisotopic (exact) mass is 795 g/mol. The predicted octanol–water partition coefficient (Wildman–Crippen LogP) is 12.9. The van der Waals surface area contributed by atoms with Crippen LogP contribution in [0.25, 0.3) is 55.0 Å². The molecule has 0 unspecified atom stereocenters. The number of hydrogen-bond acceptors (Lipinski definition) is 2. The quantitative estimate of drug-likeness (QED) is 0.107. The van der Waals surface area contributed by atoms with E-state index in [4.69, 9.17) is 4.42 Å². The van der Waals surface area contributed by atoms with Gasteiger partial charge in [0.1, 0.15) is 11.2 Å². The summed E-state index contributed by atoms with van der Waals surface area (Å²) in [7, 11) is -2.79. The average molecular weight is 796 g/mol. The average Bonchev–Trinajstić information content (AvgIpc) is 3.73. The molecule has 11 rings (SSSR count). The standard InChI is InChI=1S/C58H41NOSi/c1-5-16-42(17-6-1)43-28-30-44(31-29-43)45-32-35-47(36-33-45)59(49-37-39-54-46(40-49)34-38-56-55-26-13-14-27-57(55)60-58(54)56)48-18-15-25-53(41-48)61(50-19-7-2-8-20-50,51-21-9-3-10-22-51)52-23-11-4-12-24-52/h1-41H. The number of hydrogen-bond donors (Lipinski definition) is 0. The minimum Gasteiger partial charge on any atom is -0.455 e. The number of para-hydroxylation sites is 1. The molecule has 61 heavy (non-hydrogen) atoms. The molecule has 0 atom stereocenters. The summed E-state index contributed by atoms with van der Waals surface area (Å²) >= 11 is 0. The van der Waals surface area contributed by atoms with E-state index in [0.717, 1.165) is 49.8 Å². The van der Waals surface area contributed by atoms with E-state index in [0.29, 0.717) is 0 Å². The van der Waals surface area contributed by atoms with Crippen LogP contribution >= 0.6 is 0 Å². The van der Waals surface area contributed by atoms with Crippen LogP contribution in [-0.4, -0.2) is 8.07 Å². The Hall–Kier alpha value is -7.72. The number of furan rings is 1. The second-order valence-electron chi connectivity index (χ2n) is 15.7. The highest BCUT2D eigenvalue weighted by molar-refractivity contribution is 7.19. The van der Waals surface area contributed by atoms with Crippen LogP contribution in [0.2, 0.25) is 0 Å². The maximum atomic E-state index is 6.49. The highest BCUT2D eigenvalue weighted by Gasteiger charge is 2.41. The van der Waals surface area contributed by atoms with Crippen LogP contribution in [0, 0.1) is 0 Å². The summed E-state index contributed by atoms with van der Waals surface area (Å²) in [6.07, 6.45) is 0. The topological polar surface area (TPSA) is 16.4 Å². The molecule has 3 heteroatoms. The lowest BCUT2D eigenvalue weighted by Crippen LogP contribution is -2.74. The summed E-state index contributed by atoms with van der Waals surface area (Å²) in [6, 6.07) is 90.7. The maximum absolute atomic E-state index is 6.49. The summed E-state index contributed by atoms with van der Waals surface area (Å²) in [5, 5.41) is 9.86. The molecule has 0 saturated heterocycles. The lowest BCUT2D eigenvalue weighted by atomic mass is 10.00. The molecular weight excluding hydrogens is 755 g/mol. The SMILES string of the molecule is c1ccc(-c2ccc(-c3ccc(N(c4cccc([Si](c5ccccc5)(c5ccccc5)c5ccccc5)c4)c4ccc5c(ccc6c7ccccc7oc56)c4)cc3)cc2)cc1. The Morgan fingerprint density at radius 2 is 0.754 bits per heavy atom. The lowest BCUT2D eigenvalue weighted by molar-refractivity contribution is 0.672. The van der Waals surface area contributed by atoms with Crippen LogP contribution in [0.15, 0.2) is 253 Å². The molecule has 0 radical (unpaired) electrons. The van der Waals surface area contributed by atoms with Crippen molar-refractivity contribution in [1.82, 2.24) is 0 Å². The van der Waals surface area contributed by atoms with Crippen LogP contribution in [0.1, 0.15) is 0 Å². The molecule has 288 valence electrons. The smallest absolute Gasteiger partial charge is 0.179 e. The number of fused-ring (bicyclic) bond motifs is 5. The van der Waals surface area contributed by atoms with Gasteiger partial charge in [0.25, 0.3) is 0 Å². The van der Waals surface area contributed by atoms with Crippen molar-refractivity contribution in [1.29, 1.82) is 0 Å². The Kier molecular flexibility index (Phi) is 9.22. The van der Waals surface area contributed by atoms with Gasteiger partial charge in [-0.05, 0) is 103 Å². The Balaban J connectivity index is 1.08. The van der Waals surface area contributed by atoms with Crippen LogP contribution in [-0.2, 0) is 0 Å². The molecule has 11 aromatic rings. The van der Waals surface area contributed by atoms with Crippen molar-refractivity contribution >= 4 is 78.6 Å². The third kappa shape index (κ3) is 6.44. The van der Waals surface area contributed by atoms with E-state index < -0.39 is 8.07 Å². The Bertz CT molecular complexity index is 3170. The van der Waals surface area contributed by atoms with Gasteiger partial charge in [0, 0.05) is 33.2 Å². The van der Waals surface area contributed by atoms with Gasteiger partial charge in [-0.3, -0.25) is 0 Å². The van der Waals surface area contributed by atoms with E-state index in [1.54, 1.807) is 0 Å². The first-order chi connectivity index (χ1) is 30.2. The molecule has 0 N–H and O–H groups in total. The number of anilines is 3. The van der Waals surface area contributed by atoms with E-state index in [1.807, 2.05) is 6.07 Å². The van der Waals surface area contributed by atoms with Gasteiger partial charge in [-0.2, -0.15) is 0 Å². The lowest BCUT2D eigenvalue weighted by Gasteiger charge is -2.35. The molecule has 0 bridgehead atoms. The van der Waals surface area contributed by atoms with Gasteiger partial charge >= 0.3 is 0 Å². The maximum Gasteiger partial charge on any atom is 0.179 e. The molecule has 1 heterocycles. The fraction of sp³-hybridized carbons (Fsp3) is 0. The van der Waals surface area contributed by atoms with Gasteiger partial charge in [-0.15, -0.1) is 0 Å². The zero-order valence-electron chi connectivity index (χ0n) is 33.5. The van der Waals surface area contributed by atoms with Crippen molar-refractivity contribution in [3.8, 4) is 22.3 Å². The second kappa shape index (κ2) is 15.5. The minimum atomic E-state index is -2.79. The molecule has 0 saturated carbocycles. The Morgan fingerprint density at radius 3 is 1.36 bits per heavy atom. The van der Waals surface area contributed by atoms with E-state index >= 15 is 0 Å². The molecule has 1 aromatic heterocycles. The van der Waals surface area contributed by atoms with Crippen molar-refractivity contribution in [3.05, 3.63) is 249 Å². The fourth-order valence-corrected chi connectivity index (χ4v) is 14.1. The van der Waals surface area contributed by atoms with Crippen molar-refractivity contribution < 1.29 is 4.42 Å². The molecule has 0 amide bonds. The molecule has 10 aromatic carbocycles. The third-order valence-corrected chi connectivity index (χ3v) is 17.0. The molecule has 0 aliphatic heterocycles. The first-order valence-corrected chi connectivity index (χ1v) is 22.9. The number of nitrogens with zero attached hydrogens (tertiary/aromatic N) is 1. The Morgan fingerprint density at radius 1 is 0.295 bits per heavy atom. The second-order valence-corrected chi connectivity index (χ2v) is 19.5. The van der Waals surface area contributed by atoms with Gasteiger partial charge in [0.05, 0.1) is 0 Å². The highest BCUT2D eigenvalue weighted by Crippen LogP contribution is 2.40. The van der Waals surface area contributed by atoms with Crippen molar-refractivity contribution in [2.24, 2.45) is 0 Å². The minimum absolute atomic E-state index is 0.908. The fourth-order valence-electron chi connectivity index (χ4n) is 9.32. The molecule has 0 spiro atoms.